The van der Waals surface area contributed by atoms with Gasteiger partial charge < -0.3 is 4.74 Å². The molecule has 0 saturated heterocycles. The highest BCUT2D eigenvalue weighted by atomic mass is 79.9. The van der Waals surface area contributed by atoms with Gasteiger partial charge in [0, 0.05) is 23.6 Å². The van der Waals surface area contributed by atoms with Crippen molar-refractivity contribution in [3.63, 3.8) is 0 Å². The van der Waals surface area contributed by atoms with Crippen molar-refractivity contribution in [3.05, 3.63) is 58.6 Å². The van der Waals surface area contributed by atoms with E-state index in [1.54, 1.807) is 38.4 Å². The summed E-state index contributed by atoms with van der Waals surface area (Å²) < 4.78 is 32.4. The molecule has 0 unspecified atom stereocenters. The summed E-state index contributed by atoms with van der Waals surface area (Å²) in [6.45, 7) is 0.249. The molecule has 4 nitrogen and oxygen atoms in total. The maximum atomic E-state index is 12.6. The predicted octanol–water partition coefficient (Wildman–Crippen LogP) is 3.28. The largest absolute Gasteiger partial charge is 0.496 e. The Labute approximate surface area is 133 Å². The number of benzene rings is 2. The Bertz CT molecular complexity index is 731. The number of ether oxygens (including phenoxy) is 1. The summed E-state index contributed by atoms with van der Waals surface area (Å²) in [5.41, 5.74) is 0.820. The number of rotatable bonds is 5. The Kier molecular flexibility index (Phi) is 5.03. The van der Waals surface area contributed by atoms with Crippen LogP contribution in [0.5, 0.6) is 5.75 Å². The first kappa shape index (κ1) is 16.0. The van der Waals surface area contributed by atoms with Crippen LogP contribution in [0.2, 0.25) is 0 Å². The molecule has 0 amide bonds. The molecule has 0 aliphatic rings. The lowest BCUT2D eigenvalue weighted by atomic mass is 10.2. The van der Waals surface area contributed by atoms with Gasteiger partial charge in [-0.05, 0) is 24.3 Å². The zero-order valence-corrected chi connectivity index (χ0v) is 14.2. The fourth-order valence-corrected chi connectivity index (χ4v) is 3.71. The molecule has 0 spiro atoms. The third-order valence-electron chi connectivity index (χ3n) is 3.09. The van der Waals surface area contributed by atoms with Crippen LogP contribution < -0.4 is 4.74 Å². The number of sulfonamides is 1. The summed E-state index contributed by atoms with van der Waals surface area (Å²) in [5.74, 6) is 0.675. The average Bonchev–Trinajstić information content (AvgIpc) is 2.47. The third-order valence-corrected chi connectivity index (χ3v) is 5.38. The van der Waals surface area contributed by atoms with E-state index >= 15 is 0 Å². The first-order valence-corrected chi connectivity index (χ1v) is 8.52. The van der Waals surface area contributed by atoms with Gasteiger partial charge in [0.15, 0.2) is 0 Å². The van der Waals surface area contributed by atoms with E-state index < -0.39 is 10.0 Å². The van der Waals surface area contributed by atoms with Crippen LogP contribution in [-0.2, 0) is 16.6 Å². The number of halogens is 1. The van der Waals surface area contributed by atoms with Gasteiger partial charge in [0.05, 0.1) is 12.0 Å². The molecule has 2 aromatic rings. The van der Waals surface area contributed by atoms with E-state index in [0.29, 0.717) is 5.75 Å². The fourth-order valence-electron chi connectivity index (χ4n) is 1.97. The maximum absolute atomic E-state index is 12.6. The molecule has 2 aromatic carbocycles. The quantitative estimate of drug-likeness (QED) is 0.812. The predicted molar refractivity (Wildman–Crippen MR) is 85.8 cm³/mol. The van der Waals surface area contributed by atoms with Crippen LogP contribution in [0.4, 0.5) is 0 Å². The lowest BCUT2D eigenvalue weighted by Gasteiger charge is -2.18. The minimum atomic E-state index is -3.54. The summed E-state index contributed by atoms with van der Waals surface area (Å²) in [7, 11) is -0.408. The molecule has 0 heterocycles. The Hall–Kier alpha value is -1.37. The molecule has 0 fully saturated rings. The lowest BCUT2D eigenvalue weighted by Crippen LogP contribution is -2.26. The summed E-state index contributed by atoms with van der Waals surface area (Å²) >= 11 is 3.29. The Balaban J connectivity index is 2.29. The highest BCUT2D eigenvalue weighted by molar-refractivity contribution is 9.10. The van der Waals surface area contributed by atoms with Crippen LogP contribution in [0.15, 0.2) is 57.9 Å². The lowest BCUT2D eigenvalue weighted by molar-refractivity contribution is 0.398. The fraction of sp³-hybridized carbons (Fsp3) is 0.200. The van der Waals surface area contributed by atoms with Crippen molar-refractivity contribution in [2.45, 2.75) is 11.4 Å². The molecular weight excluding hydrogens is 354 g/mol. The van der Waals surface area contributed by atoms with Gasteiger partial charge in [-0.15, -0.1) is 0 Å². The van der Waals surface area contributed by atoms with Gasteiger partial charge in [-0.3, -0.25) is 0 Å². The molecule has 0 saturated carbocycles. The zero-order chi connectivity index (χ0) is 15.5. The highest BCUT2D eigenvalue weighted by Crippen LogP contribution is 2.23. The van der Waals surface area contributed by atoms with Crippen molar-refractivity contribution in [2.24, 2.45) is 0 Å². The van der Waals surface area contributed by atoms with Gasteiger partial charge in [0.2, 0.25) is 10.0 Å². The van der Waals surface area contributed by atoms with Gasteiger partial charge in [-0.25, -0.2) is 8.42 Å². The van der Waals surface area contributed by atoms with E-state index in [1.165, 1.54) is 4.31 Å². The van der Waals surface area contributed by atoms with Crippen LogP contribution in [0, 0.1) is 0 Å². The zero-order valence-electron chi connectivity index (χ0n) is 11.8. The molecule has 0 N–H and O–H groups in total. The second-order valence-electron chi connectivity index (χ2n) is 4.53. The molecular formula is C15H16BrNO3S. The van der Waals surface area contributed by atoms with Crippen molar-refractivity contribution >= 4 is 26.0 Å². The molecule has 6 heteroatoms. The van der Waals surface area contributed by atoms with E-state index in [-0.39, 0.29) is 11.4 Å². The molecule has 0 aliphatic carbocycles. The van der Waals surface area contributed by atoms with E-state index in [2.05, 4.69) is 15.9 Å². The minimum Gasteiger partial charge on any atom is -0.496 e. The summed E-state index contributed by atoms with van der Waals surface area (Å²) in [6, 6.07) is 14.0. The average molecular weight is 370 g/mol. The summed E-state index contributed by atoms with van der Waals surface area (Å²) in [6.07, 6.45) is 0. The monoisotopic (exact) mass is 369 g/mol. The third kappa shape index (κ3) is 3.64. The van der Waals surface area contributed by atoms with Crippen LogP contribution in [-0.4, -0.2) is 26.9 Å². The van der Waals surface area contributed by atoms with Crippen molar-refractivity contribution in [2.75, 3.05) is 14.2 Å². The molecule has 0 radical (unpaired) electrons. The molecule has 0 bridgehead atoms. The maximum Gasteiger partial charge on any atom is 0.243 e. The smallest absolute Gasteiger partial charge is 0.243 e. The molecule has 21 heavy (non-hydrogen) atoms. The highest BCUT2D eigenvalue weighted by Gasteiger charge is 2.22. The SMILES string of the molecule is COc1ccccc1CN(C)S(=O)(=O)c1cccc(Br)c1. The van der Waals surface area contributed by atoms with Gasteiger partial charge >= 0.3 is 0 Å². The molecule has 2 rings (SSSR count). The first-order chi connectivity index (χ1) is 9.95. The second-order valence-corrected chi connectivity index (χ2v) is 7.49. The normalized spacial score (nSPS) is 11.6. The van der Waals surface area contributed by atoms with Crippen LogP contribution in [0.25, 0.3) is 0 Å². The number of para-hydroxylation sites is 1. The van der Waals surface area contributed by atoms with Crippen LogP contribution in [0.3, 0.4) is 0 Å². The summed E-state index contributed by atoms with van der Waals surface area (Å²) in [4.78, 5) is 0.259. The Morgan fingerprint density at radius 2 is 1.86 bits per heavy atom. The number of hydrogen-bond acceptors (Lipinski definition) is 3. The van der Waals surface area contributed by atoms with E-state index in [9.17, 15) is 8.42 Å². The van der Waals surface area contributed by atoms with Crippen molar-refractivity contribution < 1.29 is 13.2 Å². The Morgan fingerprint density at radius 3 is 2.52 bits per heavy atom. The molecule has 0 atom stereocenters. The van der Waals surface area contributed by atoms with E-state index in [1.807, 2.05) is 24.3 Å². The van der Waals surface area contributed by atoms with Crippen LogP contribution in [0.1, 0.15) is 5.56 Å². The van der Waals surface area contributed by atoms with Gasteiger partial charge in [-0.2, -0.15) is 4.31 Å². The first-order valence-electron chi connectivity index (χ1n) is 6.29. The minimum absolute atomic E-state index is 0.249. The summed E-state index contributed by atoms with van der Waals surface area (Å²) in [5, 5.41) is 0. The van der Waals surface area contributed by atoms with Crippen LogP contribution >= 0.6 is 15.9 Å². The van der Waals surface area contributed by atoms with Crippen molar-refractivity contribution in [1.82, 2.24) is 4.31 Å². The second kappa shape index (κ2) is 6.60. The van der Waals surface area contributed by atoms with Gasteiger partial charge in [-0.1, -0.05) is 40.2 Å². The van der Waals surface area contributed by atoms with Gasteiger partial charge in [0.25, 0.3) is 0 Å². The standard InChI is InChI=1S/C15H16BrNO3S/c1-17(11-12-6-3-4-9-15(12)20-2)21(18,19)14-8-5-7-13(16)10-14/h3-10H,11H2,1-2H3. The number of nitrogens with zero attached hydrogens (tertiary/aromatic N) is 1. The number of hydrogen-bond donors (Lipinski definition) is 0. The molecule has 112 valence electrons. The van der Waals surface area contributed by atoms with Gasteiger partial charge in [0.1, 0.15) is 5.75 Å². The van der Waals surface area contributed by atoms with Crippen molar-refractivity contribution in [1.29, 1.82) is 0 Å². The van der Waals surface area contributed by atoms with Crippen molar-refractivity contribution in [3.8, 4) is 5.75 Å². The topological polar surface area (TPSA) is 46.6 Å². The number of methoxy groups -OCH3 is 1. The molecule has 0 aromatic heterocycles. The van der Waals surface area contributed by atoms with E-state index in [4.69, 9.17) is 4.74 Å². The Morgan fingerprint density at radius 1 is 1.14 bits per heavy atom. The molecule has 0 aliphatic heterocycles. The van der Waals surface area contributed by atoms with E-state index in [0.717, 1.165) is 10.0 Å².